The number of aliphatic hydroxyl groups is 1. The van der Waals surface area contributed by atoms with Crippen molar-refractivity contribution in [1.82, 2.24) is 5.32 Å². The summed E-state index contributed by atoms with van der Waals surface area (Å²) >= 11 is 1.77. The van der Waals surface area contributed by atoms with Gasteiger partial charge in [-0.15, -0.1) is 11.8 Å². The molecule has 2 aliphatic rings. The molecule has 0 heterocycles. The number of hydrogen-bond acceptors (Lipinski definition) is 3. The zero-order chi connectivity index (χ0) is 15.4. The van der Waals surface area contributed by atoms with Gasteiger partial charge < -0.3 is 10.4 Å². The lowest BCUT2D eigenvalue weighted by Gasteiger charge is -2.29. The molecule has 3 nitrogen and oxygen atoms in total. The monoisotopic (exact) mass is 319 g/mol. The molecular formula is C18H25NO2S. The summed E-state index contributed by atoms with van der Waals surface area (Å²) < 4.78 is 0. The van der Waals surface area contributed by atoms with Crippen LogP contribution >= 0.6 is 11.8 Å². The van der Waals surface area contributed by atoms with Crippen molar-refractivity contribution in [2.75, 3.05) is 12.3 Å². The normalized spacial score (nSPS) is 21.5. The first-order valence-electron chi connectivity index (χ1n) is 8.35. The van der Waals surface area contributed by atoms with Gasteiger partial charge in [-0.3, -0.25) is 4.79 Å². The number of nitrogens with one attached hydrogen (secondary N) is 1. The van der Waals surface area contributed by atoms with Gasteiger partial charge in [-0.1, -0.05) is 43.2 Å². The number of hydrogen-bond donors (Lipinski definition) is 2. The van der Waals surface area contributed by atoms with Gasteiger partial charge in [0.25, 0.3) is 0 Å². The van der Waals surface area contributed by atoms with Crippen LogP contribution < -0.4 is 5.32 Å². The highest BCUT2D eigenvalue weighted by Gasteiger charge is 2.45. The van der Waals surface area contributed by atoms with Crippen LogP contribution in [0.2, 0.25) is 0 Å². The van der Waals surface area contributed by atoms with Crippen LogP contribution in [0, 0.1) is 5.92 Å². The summed E-state index contributed by atoms with van der Waals surface area (Å²) in [6.45, 7) is 0.325. The Bertz CT molecular complexity index is 497. The summed E-state index contributed by atoms with van der Waals surface area (Å²) in [5.74, 6) is 0.838. The summed E-state index contributed by atoms with van der Waals surface area (Å²) in [6, 6.07) is 9.75. The molecule has 22 heavy (non-hydrogen) atoms. The molecule has 0 bridgehead atoms. The highest BCUT2D eigenvalue weighted by atomic mass is 32.2. The Morgan fingerprint density at radius 1 is 1.18 bits per heavy atom. The molecule has 0 aromatic heterocycles. The minimum Gasteiger partial charge on any atom is -0.383 e. The predicted molar refractivity (Wildman–Crippen MR) is 90.8 cm³/mol. The maximum Gasteiger partial charge on any atom is 0.230 e. The van der Waals surface area contributed by atoms with E-state index in [0.717, 1.165) is 18.4 Å². The van der Waals surface area contributed by atoms with E-state index in [-0.39, 0.29) is 11.8 Å². The van der Waals surface area contributed by atoms with E-state index in [1.807, 2.05) is 30.3 Å². The molecule has 1 atom stereocenters. The lowest BCUT2D eigenvalue weighted by Crippen LogP contribution is -2.43. The molecule has 2 N–H and O–H groups in total. The van der Waals surface area contributed by atoms with Crippen molar-refractivity contribution in [3.63, 3.8) is 0 Å². The number of benzene rings is 1. The fraction of sp³-hybridized carbons (Fsp3) is 0.611. The van der Waals surface area contributed by atoms with Crippen LogP contribution in [-0.4, -0.2) is 28.6 Å². The molecule has 0 aliphatic heterocycles. The molecule has 1 aromatic carbocycles. The summed E-state index contributed by atoms with van der Waals surface area (Å²) in [5.41, 5.74) is 0.0100. The van der Waals surface area contributed by atoms with Crippen molar-refractivity contribution in [2.24, 2.45) is 5.92 Å². The topological polar surface area (TPSA) is 49.3 Å². The van der Waals surface area contributed by atoms with E-state index in [2.05, 4.69) is 5.32 Å². The molecule has 3 rings (SSSR count). The van der Waals surface area contributed by atoms with Gasteiger partial charge in [-0.2, -0.15) is 0 Å². The fourth-order valence-corrected chi connectivity index (χ4v) is 4.46. The molecular weight excluding hydrogens is 294 g/mol. The van der Waals surface area contributed by atoms with Crippen molar-refractivity contribution in [2.45, 2.75) is 49.4 Å². The third kappa shape index (κ3) is 3.85. The maximum atomic E-state index is 12.1. The average Bonchev–Trinajstić information content (AvgIpc) is 3.29. The Morgan fingerprint density at radius 3 is 2.50 bits per heavy atom. The van der Waals surface area contributed by atoms with Crippen molar-refractivity contribution >= 4 is 17.7 Å². The molecule has 0 unspecified atom stereocenters. The van der Waals surface area contributed by atoms with Gasteiger partial charge in [-0.05, 0) is 37.2 Å². The Labute approximate surface area is 136 Å². The first-order chi connectivity index (χ1) is 10.7. The molecule has 2 fully saturated rings. The molecule has 2 saturated carbocycles. The third-order valence-corrected chi connectivity index (χ3v) is 6.21. The number of amides is 1. The number of thioether (sulfide) groups is 1. The predicted octanol–water partition coefficient (Wildman–Crippen LogP) is 3.08. The van der Waals surface area contributed by atoms with Crippen LogP contribution in [0.4, 0.5) is 0 Å². The van der Waals surface area contributed by atoms with Crippen molar-refractivity contribution < 1.29 is 9.90 Å². The zero-order valence-corrected chi connectivity index (χ0v) is 13.8. The largest absolute Gasteiger partial charge is 0.383 e. The van der Waals surface area contributed by atoms with Crippen molar-refractivity contribution in [1.29, 1.82) is 0 Å². The highest BCUT2D eigenvalue weighted by Crippen LogP contribution is 2.45. The first-order valence-corrected chi connectivity index (χ1v) is 9.39. The summed E-state index contributed by atoms with van der Waals surface area (Å²) in [6.07, 6.45) is 7.17. The van der Waals surface area contributed by atoms with E-state index in [4.69, 9.17) is 0 Å². The van der Waals surface area contributed by atoms with E-state index in [1.165, 1.54) is 25.7 Å². The SMILES string of the molecule is O=C(CSC1CCCC1)NC[C@](O)(c1ccccc1)C1CC1. The molecule has 0 saturated heterocycles. The van der Waals surface area contributed by atoms with E-state index in [0.29, 0.717) is 17.5 Å². The molecule has 120 valence electrons. The van der Waals surface area contributed by atoms with Crippen molar-refractivity contribution in [3.05, 3.63) is 35.9 Å². The lowest BCUT2D eigenvalue weighted by molar-refractivity contribution is -0.120. The molecule has 0 spiro atoms. The van der Waals surface area contributed by atoms with E-state index in [9.17, 15) is 9.90 Å². The molecule has 1 amide bonds. The first kappa shape index (κ1) is 15.9. The quantitative estimate of drug-likeness (QED) is 0.812. The lowest BCUT2D eigenvalue weighted by atomic mass is 9.88. The van der Waals surface area contributed by atoms with Crippen molar-refractivity contribution in [3.8, 4) is 0 Å². The Morgan fingerprint density at radius 2 is 1.86 bits per heavy atom. The minimum absolute atomic E-state index is 0.0481. The van der Waals surface area contributed by atoms with Gasteiger partial charge >= 0.3 is 0 Å². The number of rotatable bonds is 7. The molecule has 0 radical (unpaired) electrons. The summed E-state index contributed by atoms with van der Waals surface area (Å²) in [4.78, 5) is 12.1. The zero-order valence-electron chi connectivity index (χ0n) is 13.0. The third-order valence-electron chi connectivity index (χ3n) is 4.83. The molecule has 1 aromatic rings. The average molecular weight is 319 g/mol. The summed E-state index contributed by atoms with van der Waals surface area (Å²) in [5, 5.41) is 14.6. The van der Waals surface area contributed by atoms with Gasteiger partial charge in [-0.25, -0.2) is 0 Å². The standard InChI is InChI=1S/C18H25NO2S/c20-17(12-22-16-8-4-5-9-16)19-13-18(21,15-10-11-15)14-6-2-1-3-7-14/h1-3,6-7,15-16,21H,4-5,8-13H2,(H,19,20)/t18-/m0/s1. The maximum absolute atomic E-state index is 12.1. The van der Waals surface area contributed by atoms with Gasteiger partial charge in [0.2, 0.25) is 5.91 Å². The van der Waals surface area contributed by atoms with Crippen LogP contribution in [0.15, 0.2) is 30.3 Å². The van der Waals surface area contributed by atoms with Gasteiger partial charge in [0.05, 0.1) is 12.3 Å². The highest BCUT2D eigenvalue weighted by molar-refractivity contribution is 8.00. The second kappa shape index (κ2) is 7.05. The van der Waals surface area contributed by atoms with E-state index >= 15 is 0 Å². The number of carbonyl (C=O) groups is 1. The summed E-state index contributed by atoms with van der Waals surface area (Å²) in [7, 11) is 0. The Balaban J connectivity index is 1.52. The molecule has 4 heteroatoms. The van der Waals surface area contributed by atoms with Crippen LogP contribution in [0.5, 0.6) is 0 Å². The van der Waals surface area contributed by atoms with Gasteiger partial charge in [0, 0.05) is 5.25 Å². The van der Waals surface area contributed by atoms with Crippen LogP contribution in [0.25, 0.3) is 0 Å². The van der Waals surface area contributed by atoms with Crippen LogP contribution in [0.3, 0.4) is 0 Å². The Hall–Kier alpha value is -1.00. The van der Waals surface area contributed by atoms with Gasteiger partial charge in [0.1, 0.15) is 5.60 Å². The van der Waals surface area contributed by atoms with Crippen LogP contribution in [-0.2, 0) is 10.4 Å². The second-order valence-corrected chi connectivity index (χ2v) is 7.85. The second-order valence-electron chi connectivity index (χ2n) is 6.56. The smallest absolute Gasteiger partial charge is 0.230 e. The Kier molecular flexibility index (Phi) is 5.09. The van der Waals surface area contributed by atoms with E-state index < -0.39 is 5.60 Å². The fourth-order valence-electron chi connectivity index (χ4n) is 3.30. The molecule has 2 aliphatic carbocycles. The van der Waals surface area contributed by atoms with Crippen LogP contribution in [0.1, 0.15) is 44.1 Å². The van der Waals surface area contributed by atoms with Gasteiger partial charge in [0.15, 0.2) is 0 Å². The van der Waals surface area contributed by atoms with E-state index in [1.54, 1.807) is 11.8 Å². The number of carbonyl (C=O) groups excluding carboxylic acids is 1. The minimum atomic E-state index is -0.908.